The second-order valence-electron chi connectivity index (χ2n) is 5.02. The van der Waals surface area contributed by atoms with Crippen molar-refractivity contribution in [3.8, 4) is 0 Å². The van der Waals surface area contributed by atoms with Gasteiger partial charge >= 0.3 is 0 Å². The smallest absolute Gasteiger partial charge is 0.224 e. The molecule has 1 aromatic rings. The first-order valence-corrected chi connectivity index (χ1v) is 5.65. The number of amides is 1. The zero-order chi connectivity index (χ0) is 12.9. The number of benzene rings is 1. The predicted molar refractivity (Wildman–Crippen MR) is 68.4 cm³/mol. The van der Waals surface area contributed by atoms with Gasteiger partial charge in [0.05, 0.1) is 6.42 Å². The third-order valence-electron chi connectivity index (χ3n) is 2.51. The topological polar surface area (TPSA) is 75.3 Å². The van der Waals surface area contributed by atoms with Gasteiger partial charge in [0.25, 0.3) is 0 Å². The summed E-state index contributed by atoms with van der Waals surface area (Å²) >= 11 is 0. The molecular weight excluding hydrogens is 216 g/mol. The predicted octanol–water partition coefficient (Wildman–Crippen LogP) is 0.946. The number of carbonyl (C=O) groups is 1. The number of nitrogen functional groups attached to an aromatic ring is 1. The number of hydrogen-bond acceptors (Lipinski definition) is 3. The number of hydrogen-bond donors (Lipinski definition) is 3. The van der Waals surface area contributed by atoms with Crippen LogP contribution in [0.25, 0.3) is 0 Å². The summed E-state index contributed by atoms with van der Waals surface area (Å²) in [4.78, 5) is 11.7. The molecule has 0 unspecified atom stereocenters. The molecule has 1 aromatic carbocycles. The number of nitrogens with two attached hydrogens (primary N) is 1. The average Bonchev–Trinajstić information content (AvgIpc) is 2.27. The first kappa shape index (κ1) is 13.5. The molecule has 0 aliphatic rings. The fourth-order valence-corrected chi connectivity index (χ4v) is 1.34. The van der Waals surface area contributed by atoms with Crippen molar-refractivity contribution in [2.24, 2.45) is 5.41 Å². The van der Waals surface area contributed by atoms with E-state index in [2.05, 4.69) is 5.32 Å². The molecule has 17 heavy (non-hydrogen) atoms. The molecule has 4 N–H and O–H groups in total. The van der Waals surface area contributed by atoms with Gasteiger partial charge in [0, 0.05) is 24.3 Å². The summed E-state index contributed by atoms with van der Waals surface area (Å²) < 4.78 is 0. The number of aliphatic hydroxyl groups is 1. The van der Waals surface area contributed by atoms with Crippen LogP contribution in [0.5, 0.6) is 0 Å². The molecule has 0 heterocycles. The van der Waals surface area contributed by atoms with E-state index in [1.165, 1.54) is 0 Å². The summed E-state index contributed by atoms with van der Waals surface area (Å²) in [7, 11) is 0. The Labute approximate surface area is 102 Å². The fourth-order valence-electron chi connectivity index (χ4n) is 1.34. The summed E-state index contributed by atoms with van der Waals surface area (Å²) in [5.41, 5.74) is 6.90. The maximum absolute atomic E-state index is 11.7. The molecule has 0 aliphatic heterocycles. The lowest BCUT2D eigenvalue weighted by atomic mass is 9.95. The molecule has 94 valence electrons. The number of carbonyl (C=O) groups excluding carboxylic acids is 1. The van der Waals surface area contributed by atoms with E-state index in [0.29, 0.717) is 18.7 Å². The van der Waals surface area contributed by atoms with Crippen molar-refractivity contribution < 1.29 is 9.90 Å². The third kappa shape index (κ3) is 4.87. The summed E-state index contributed by atoms with van der Waals surface area (Å²) in [5.74, 6) is -0.0582. The minimum atomic E-state index is -0.286. The standard InChI is InChI=1S/C13H20N2O2/c1-13(2,9-16)8-15-12(17)7-10-4-3-5-11(14)6-10/h3-6,16H,7-9,14H2,1-2H3,(H,15,17). The molecule has 4 heteroatoms. The summed E-state index contributed by atoms with van der Waals surface area (Å²) in [6.07, 6.45) is 0.312. The Morgan fingerprint density at radius 1 is 1.47 bits per heavy atom. The number of rotatable bonds is 5. The van der Waals surface area contributed by atoms with Crippen molar-refractivity contribution in [3.05, 3.63) is 29.8 Å². The first-order chi connectivity index (χ1) is 7.93. The Bertz CT molecular complexity index is 389. The summed E-state index contributed by atoms with van der Waals surface area (Å²) in [6, 6.07) is 7.27. The number of aliphatic hydroxyl groups excluding tert-OH is 1. The van der Waals surface area contributed by atoms with Crippen molar-refractivity contribution in [2.75, 3.05) is 18.9 Å². The molecule has 0 radical (unpaired) electrons. The normalized spacial score (nSPS) is 11.2. The van der Waals surface area contributed by atoms with Crippen molar-refractivity contribution >= 4 is 11.6 Å². The minimum absolute atomic E-state index is 0.0472. The van der Waals surface area contributed by atoms with Gasteiger partial charge in [-0.05, 0) is 17.7 Å². The van der Waals surface area contributed by atoms with Crippen LogP contribution in [0.4, 0.5) is 5.69 Å². The highest BCUT2D eigenvalue weighted by atomic mass is 16.3. The molecular formula is C13H20N2O2. The Kier molecular flexibility index (Phi) is 4.52. The van der Waals surface area contributed by atoms with Gasteiger partial charge in [-0.25, -0.2) is 0 Å². The van der Waals surface area contributed by atoms with E-state index in [9.17, 15) is 4.79 Å². The average molecular weight is 236 g/mol. The largest absolute Gasteiger partial charge is 0.399 e. The molecule has 0 saturated heterocycles. The summed E-state index contributed by atoms with van der Waals surface area (Å²) in [6.45, 7) is 4.30. The Hall–Kier alpha value is -1.55. The van der Waals surface area contributed by atoms with Gasteiger partial charge < -0.3 is 16.2 Å². The first-order valence-electron chi connectivity index (χ1n) is 5.65. The Morgan fingerprint density at radius 2 is 2.18 bits per heavy atom. The van der Waals surface area contributed by atoms with E-state index in [1.807, 2.05) is 26.0 Å². The monoisotopic (exact) mass is 236 g/mol. The zero-order valence-electron chi connectivity index (χ0n) is 10.4. The van der Waals surface area contributed by atoms with Crippen LogP contribution in [-0.4, -0.2) is 24.2 Å². The Morgan fingerprint density at radius 3 is 2.76 bits per heavy atom. The van der Waals surface area contributed by atoms with Gasteiger partial charge in [-0.15, -0.1) is 0 Å². The quantitative estimate of drug-likeness (QED) is 0.666. The van der Waals surface area contributed by atoms with Crippen LogP contribution in [0.3, 0.4) is 0 Å². The number of nitrogens with one attached hydrogen (secondary N) is 1. The van der Waals surface area contributed by atoms with E-state index in [0.717, 1.165) is 5.56 Å². The van der Waals surface area contributed by atoms with Gasteiger partial charge in [-0.2, -0.15) is 0 Å². The van der Waals surface area contributed by atoms with Gasteiger partial charge in [0.15, 0.2) is 0 Å². The van der Waals surface area contributed by atoms with E-state index < -0.39 is 0 Å². The highest BCUT2D eigenvalue weighted by Gasteiger charge is 2.17. The molecule has 0 fully saturated rings. The van der Waals surface area contributed by atoms with Crippen molar-refractivity contribution in [3.63, 3.8) is 0 Å². The molecule has 1 amide bonds. The minimum Gasteiger partial charge on any atom is -0.399 e. The second kappa shape index (κ2) is 5.68. The second-order valence-corrected chi connectivity index (χ2v) is 5.02. The van der Waals surface area contributed by atoms with E-state index in [-0.39, 0.29) is 17.9 Å². The lowest BCUT2D eigenvalue weighted by molar-refractivity contribution is -0.121. The molecule has 1 rings (SSSR count). The highest BCUT2D eigenvalue weighted by molar-refractivity contribution is 5.78. The lowest BCUT2D eigenvalue weighted by Crippen LogP contribution is -2.36. The van der Waals surface area contributed by atoms with Gasteiger partial charge in [-0.3, -0.25) is 4.79 Å². The maximum Gasteiger partial charge on any atom is 0.224 e. The van der Waals surface area contributed by atoms with Crippen LogP contribution in [0, 0.1) is 5.41 Å². The van der Waals surface area contributed by atoms with Crippen molar-refractivity contribution in [1.29, 1.82) is 0 Å². The molecule has 0 saturated carbocycles. The lowest BCUT2D eigenvalue weighted by Gasteiger charge is -2.21. The van der Waals surface area contributed by atoms with E-state index in [1.54, 1.807) is 12.1 Å². The molecule has 4 nitrogen and oxygen atoms in total. The third-order valence-corrected chi connectivity index (χ3v) is 2.51. The van der Waals surface area contributed by atoms with Crippen molar-refractivity contribution in [2.45, 2.75) is 20.3 Å². The maximum atomic E-state index is 11.7. The molecule has 0 aromatic heterocycles. The van der Waals surface area contributed by atoms with Gasteiger partial charge in [-0.1, -0.05) is 26.0 Å². The van der Waals surface area contributed by atoms with Crippen LogP contribution in [0.15, 0.2) is 24.3 Å². The molecule has 0 bridgehead atoms. The zero-order valence-corrected chi connectivity index (χ0v) is 10.4. The van der Waals surface area contributed by atoms with Crippen LogP contribution >= 0.6 is 0 Å². The van der Waals surface area contributed by atoms with Crippen LogP contribution < -0.4 is 11.1 Å². The Balaban J connectivity index is 2.45. The van der Waals surface area contributed by atoms with E-state index >= 15 is 0 Å². The number of anilines is 1. The van der Waals surface area contributed by atoms with Crippen LogP contribution in [0.1, 0.15) is 19.4 Å². The highest BCUT2D eigenvalue weighted by Crippen LogP contribution is 2.11. The van der Waals surface area contributed by atoms with E-state index in [4.69, 9.17) is 10.8 Å². The van der Waals surface area contributed by atoms with Crippen molar-refractivity contribution in [1.82, 2.24) is 5.32 Å². The van der Waals surface area contributed by atoms with Crippen LogP contribution in [0.2, 0.25) is 0 Å². The van der Waals surface area contributed by atoms with Gasteiger partial charge in [0.2, 0.25) is 5.91 Å². The van der Waals surface area contributed by atoms with Gasteiger partial charge in [0.1, 0.15) is 0 Å². The molecule has 0 spiro atoms. The SMILES string of the molecule is CC(C)(CO)CNC(=O)Cc1cccc(N)c1. The van der Waals surface area contributed by atoms with Crippen LogP contribution in [-0.2, 0) is 11.2 Å². The molecule has 0 aliphatic carbocycles. The summed E-state index contributed by atoms with van der Waals surface area (Å²) in [5, 5.41) is 11.9. The molecule has 0 atom stereocenters. The fraction of sp³-hybridized carbons (Fsp3) is 0.462.